The van der Waals surface area contributed by atoms with Crippen LogP contribution in [0.15, 0.2) is 23.7 Å². The Morgan fingerprint density at radius 2 is 2.41 bits per heavy atom. The lowest BCUT2D eigenvalue weighted by molar-refractivity contribution is 0.416. The lowest BCUT2D eigenvalue weighted by Gasteiger charge is -2.09. The fourth-order valence-corrected chi connectivity index (χ4v) is 2.62. The molecule has 0 amide bonds. The summed E-state index contributed by atoms with van der Waals surface area (Å²) in [6, 6.07) is 4.11. The van der Waals surface area contributed by atoms with E-state index in [0.29, 0.717) is 0 Å². The highest BCUT2D eigenvalue weighted by molar-refractivity contribution is 7.10. The minimum Gasteiger partial charge on any atom is -0.496 e. The summed E-state index contributed by atoms with van der Waals surface area (Å²) in [5.41, 5.74) is 7.37. The zero-order valence-electron chi connectivity index (χ0n) is 10.1. The summed E-state index contributed by atoms with van der Waals surface area (Å²) < 4.78 is 7.05. The van der Waals surface area contributed by atoms with Gasteiger partial charge in [0.1, 0.15) is 5.75 Å². The van der Waals surface area contributed by atoms with Crippen LogP contribution in [0.25, 0.3) is 0 Å². The number of hydrogen-bond donors (Lipinski definition) is 1. The van der Waals surface area contributed by atoms with Crippen molar-refractivity contribution >= 4 is 11.3 Å². The van der Waals surface area contributed by atoms with E-state index in [1.807, 2.05) is 35.4 Å². The number of aromatic nitrogens is 2. The summed E-state index contributed by atoms with van der Waals surface area (Å²) >= 11 is 1.65. The smallest absolute Gasteiger partial charge is 0.129 e. The first kappa shape index (κ1) is 12.1. The maximum absolute atomic E-state index is 6.15. The van der Waals surface area contributed by atoms with Gasteiger partial charge < -0.3 is 10.5 Å². The first-order chi connectivity index (χ1) is 8.20. The van der Waals surface area contributed by atoms with Crippen molar-refractivity contribution in [2.75, 3.05) is 7.11 Å². The molecule has 2 heterocycles. The Bertz CT molecular complexity index is 478. The normalized spacial score (nSPS) is 12.6. The fraction of sp³-hybridized carbons (Fsp3) is 0.417. The highest BCUT2D eigenvalue weighted by Crippen LogP contribution is 2.27. The Balaban J connectivity index is 1.93. The number of methoxy groups -OCH3 is 1. The van der Waals surface area contributed by atoms with Gasteiger partial charge in [-0.3, -0.25) is 4.68 Å². The third kappa shape index (κ3) is 2.87. The molecule has 0 aromatic carbocycles. The Morgan fingerprint density at radius 1 is 1.59 bits per heavy atom. The molecule has 1 unspecified atom stereocenters. The van der Waals surface area contributed by atoms with Crippen molar-refractivity contribution in [3.8, 4) is 5.75 Å². The molecule has 92 valence electrons. The summed E-state index contributed by atoms with van der Waals surface area (Å²) in [6.45, 7) is 0. The van der Waals surface area contributed by atoms with E-state index in [9.17, 15) is 0 Å². The highest BCUT2D eigenvalue weighted by Gasteiger charge is 2.10. The van der Waals surface area contributed by atoms with Gasteiger partial charge in [0.05, 0.1) is 7.11 Å². The monoisotopic (exact) mass is 251 g/mol. The molecule has 0 aliphatic carbocycles. The highest BCUT2D eigenvalue weighted by atomic mass is 32.1. The molecular formula is C12H17N3OS. The molecule has 4 nitrogen and oxygen atoms in total. The van der Waals surface area contributed by atoms with Gasteiger partial charge in [0.2, 0.25) is 0 Å². The third-order valence-corrected chi connectivity index (χ3v) is 3.87. The van der Waals surface area contributed by atoms with Crippen molar-refractivity contribution in [2.24, 2.45) is 12.8 Å². The topological polar surface area (TPSA) is 53.1 Å². The molecule has 5 heteroatoms. The number of nitrogens with two attached hydrogens (primary N) is 1. The summed E-state index contributed by atoms with van der Waals surface area (Å²) in [4.78, 5) is 1.17. The van der Waals surface area contributed by atoms with Crippen LogP contribution in [-0.4, -0.2) is 16.9 Å². The van der Waals surface area contributed by atoms with Gasteiger partial charge in [0, 0.05) is 35.2 Å². The SMILES string of the molecule is COc1csc(C(N)CCc2ccnn2C)c1. The molecule has 0 bridgehead atoms. The Morgan fingerprint density at radius 3 is 3.00 bits per heavy atom. The van der Waals surface area contributed by atoms with Crippen molar-refractivity contribution in [3.05, 3.63) is 34.3 Å². The standard InChI is InChI=1S/C12H17N3OS/c1-15-9(5-6-14-15)3-4-11(13)12-7-10(16-2)8-17-12/h5-8,11H,3-4,13H2,1-2H3. The van der Waals surface area contributed by atoms with Crippen molar-refractivity contribution in [1.82, 2.24) is 9.78 Å². The molecule has 17 heavy (non-hydrogen) atoms. The average Bonchev–Trinajstić information content (AvgIpc) is 2.94. The Labute approximate surface area is 105 Å². The van der Waals surface area contributed by atoms with Gasteiger partial charge in [-0.05, 0) is 25.0 Å². The maximum Gasteiger partial charge on any atom is 0.129 e. The fourth-order valence-electron chi connectivity index (χ4n) is 1.73. The van der Waals surface area contributed by atoms with Crippen molar-refractivity contribution in [2.45, 2.75) is 18.9 Å². The van der Waals surface area contributed by atoms with E-state index in [1.54, 1.807) is 18.4 Å². The molecule has 0 aliphatic rings. The predicted octanol–water partition coefficient (Wildman–Crippen LogP) is 2.12. The van der Waals surface area contributed by atoms with Crippen molar-refractivity contribution in [3.63, 3.8) is 0 Å². The second-order valence-electron chi connectivity index (χ2n) is 3.98. The van der Waals surface area contributed by atoms with E-state index >= 15 is 0 Å². The lowest BCUT2D eigenvalue weighted by atomic mass is 10.1. The van der Waals surface area contributed by atoms with Crippen LogP contribution in [0.4, 0.5) is 0 Å². The zero-order valence-corrected chi connectivity index (χ0v) is 10.9. The van der Waals surface area contributed by atoms with Gasteiger partial charge in [-0.25, -0.2) is 0 Å². The number of hydrogen-bond acceptors (Lipinski definition) is 4. The van der Waals surface area contributed by atoms with Crippen LogP contribution < -0.4 is 10.5 Å². The number of aryl methyl sites for hydroxylation is 2. The third-order valence-electron chi connectivity index (χ3n) is 2.83. The second-order valence-corrected chi connectivity index (χ2v) is 4.92. The molecule has 0 saturated heterocycles. The largest absolute Gasteiger partial charge is 0.496 e. The van der Waals surface area contributed by atoms with Crippen LogP contribution in [0, 0.1) is 0 Å². The minimum absolute atomic E-state index is 0.0683. The first-order valence-corrected chi connectivity index (χ1v) is 6.43. The number of thiophene rings is 1. The van der Waals surface area contributed by atoms with Crippen LogP contribution in [0.3, 0.4) is 0 Å². The average molecular weight is 251 g/mol. The summed E-state index contributed by atoms with van der Waals surface area (Å²) in [6.07, 6.45) is 3.68. The van der Waals surface area contributed by atoms with Crippen molar-refractivity contribution in [1.29, 1.82) is 0 Å². The number of nitrogens with zero attached hydrogens (tertiary/aromatic N) is 2. The van der Waals surface area contributed by atoms with Gasteiger partial charge in [0.25, 0.3) is 0 Å². The summed E-state index contributed by atoms with van der Waals surface area (Å²) in [7, 11) is 3.63. The predicted molar refractivity (Wildman–Crippen MR) is 69.3 cm³/mol. The van der Waals surface area contributed by atoms with E-state index in [4.69, 9.17) is 10.5 Å². The molecule has 2 aromatic heterocycles. The van der Waals surface area contributed by atoms with E-state index in [1.165, 1.54) is 10.6 Å². The van der Waals surface area contributed by atoms with E-state index in [-0.39, 0.29) is 6.04 Å². The Kier molecular flexibility index (Phi) is 3.81. The number of rotatable bonds is 5. The lowest BCUT2D eigenvalue weighted by Crippen LogP contribution is -2.11. The van der Waals surface area contributed by atoms with Gasteiger partial charge in [-0.1, -0.05) is 0 Å². The van der Waals surface area contributed by atoms with E-state index < -0.39 is 0 Å². The molecule has 0 radical (unpaired) electrons. The molecule has 0 spiro atoms. The zero-order chi connectivity index (χ0) is 12.3. The molecule has 2 N–H and O–H groups in total. The molecule has 0 fully saturated rings. The second kappa shape index (κ2) is 5.33. The van der Waals surface area contributed by atoms with E-state index in [0.717, 1.165) is 18.6 Å². The summed E-state index contributed by atoms with van der Waals surface area (Å²) in [5.74, 6) is 0.890. The van der Waals surface area contributed by atoms with Gasteiger partial charge in [-0.15, -0.1) is 11.3 Å². The van der Waals surface area contributed by atoms with Crippen LogP contribution in [-0.2, 0) is 13.5 Å². The molecule has 2 aromatic rings. The maximum atomic E-state index is 6.15. The Hall–Kier alpha value is -1.33. The summed E-state index contributed by atoms with van der Waals surface area (Å²) in [5, 5.41) is 6.13. The van der Waals surface area contributed by atoms with Crippen LogP contribution >= 0.6 is 11.3 Å². The minimum atomic E-state index is 0.0683. The van der Waals surface area contributed by atoms with E-state index in [2.05, 4.69) is 5.10 Å². The van der Waals surface area contributed by atoms with Gasteiger partial charge in [-0.2, -0.15) is 5.10 Å². The molecule has 1 atom stereocenters. The molecule has 0 saturated carbocycles. The van der Waals surface area contributed by atoms with Crippen LogP contribution in [0.5, 0.6) is 5.75 Å². The molecular weight excluding hydrogens is 234 g/mol. The molecule has 2 rings (SSSR count). The number of ether oxygens (including phenoxy) is 1. The van der Waals surface area contributed by atoms with Gasteiger partial charge in [0.15, 0.2) is 0 Å². The van der Waals surface area contributed by atoms with Crippen LogP contribution in [0.1, 0.15) is 23.0 Å². The first-order valence-electron chi connectivity index (χ1n) is 5.55. The quantitative estimate of drug-likeness (QED) is 0.885. The van der Waals surface area contributed by atoms with Gasteiger partial charge >= 0.3 is 0 Å². The van der Waals surface area contributed by atoms with Crippen molar-refractivity contribution < 1.29 is 4.74 Å². The molecule has 0 aliphatic heterocycles. The van der Waals surface area contributed by atoms with Crippen LogP contribution in [0.2, 0.25) is 0 Å².